The maximum Gasteiger partial charge on any atom is 0.290 e. The number of rotatable bonds is 7. The lowest BCUT2D eigenvalue weighted by Gasteiger charge is -2.08. The molecule has 1 aromatic carbocycles. The molecule has 1 atom stereocenters. The van der Waals surface area contributed by atoms with Gasteiger partial charge < -0.3 is 9.84 Å². The molecule has 0 fully saturated rings. The Morgan fingerprint density at radius 1 is 1.26 bits per heavy atom. The molecule has 2 heterocycles. The van der Waals surface area contributed by atoms with Gasteiger partial charge >= 0.3 is 0 Å². The van der Waals surface area contributed by atoms with Crippen LogP contribution in [0.1, 0.15) is 58.5 Å². The number of aryl methyl sites for hydroxylation is 2. The Morgan fingerprint density at radius 3 is 2.67 bits per heavy atom. The minimum atomic E-state index is -0.260. The van der Waals surface area contributed by atoms with Crippen LogP contribution < -0.4 is 5.32 Å². The Morgan fingerprint density at radius 2 is 2.00 bits per heavy atom. The molecule has 2 aromatic heterocycles. The van der Waals surface area contributed by atoms with E-state index in [1.165, 1.54) is 5.56 Å². The first kappa shape index (κ1) is 18.9. The number of hydrogen-bond donors (Lipinski definition) is 1. The van der Waals surface area contributed by atoms with Crippen molar-refractivity contribution in [3.8, 4) is 0 Å². The number of nitrogens with one attached hydrogen (secondary N) is 1. The molecule has 0 spiro atoms. The lowest BCUT2D eigenvalue weighted by molar-refractivity contribution is 0.0914. The van der Waals surface area contributed by atoms with E-state index < -0.39 is 0 Å². The molecule has 6 heteroatoms. The van der Waals surface area contributed by atoms with E-state index in [9.17, 15) is 4.79 Å². The van der Waals surface area contributed by atoms with Crippen LogP contribution in [0.3, 0.4) is 0 Å². The quantitative estimate of drug-likeness (QED) is 0.690. The maximum atomic E-state index is 12.4. The topological polar surface area (TPSA) is 73.0 Å². The molecule has 0 aliphatic heterocycles. The molecular weight excluding hydrogens is 340 g/mol. The van der Waals surface area contributed by atoms with Crippen LogP contribution in [0.15, 0.2) is 40.9 Å². The molecular formula is C21H26N4O2. The summed E-state index contributed by atoms with van der Waals surface area (Å²) in [7, 11) is 0. The van der Waals surface area contributed by atoms with E-state index in [1.807, 2.05) is 43.7 Å². The predicted molar refractivity (Wildman–Crippen MR) is 104 cm³/mol. The van der Waals surface area contributed by atoms with Crippen molar-refractivity contribution < 1.29 is 9.32 Å². The first-order chi connectivity index (χ1) is 13.0. The van der Waals surface area contributed by atoms with Gasteiger partial charge in [0.1, 0.15) is 0 Å². The third kappa shape index (κ3) is 4.27. The second-order valence-electron chi connectivity index (χ2n) is 6.85. The summed E-state index contributed by atoms with van der Waals surface area (Å²) in [5.41, 5.74) is 5.07. The fourth-order valence-electron chi connectivity index (χ4n) is 3.28. The number of benzene rings is 1. The molecule has 1 amide bonds. The minimum absolute atomic E-state index is 0.239. The number of hydrogen-bond acceptors (Lipinski definition) is 4. The van der Waals surface area contributed by atoms with Gasteiger partial charge in [0.15, 0.2) is 0 Å². The van der Waals surface area contributed by atoms with Crippen molar-refractivity contribution >= 4 is 5.91 Å². The van der Waals surface area contributed by atoms with Gasteiger partial charge in [-0.25, -0.2) is 0 Å². The van der Waals surface area contributed by atoms with E-state index in [4.69, 9.17) is 4.52 Å². The monoisotopic (exact) mass is 366 g/mol. The Balaban J connectivity index is 1.61. The van der Waals surface area contributed by atoms with E-state index in [0.29, 0.717) is 12.5 Å². The average molecular weight is 366 g/mol. The molecule has 0 radical (unpaired) electrons. The molecule has 0 saturated carbocycles. The zero-order valence-electron chi connectivity index (χ0n) is 16.3. The van der Waals surface area contributed by atoms with Crippen molar-refractivity contribution in [2.45, 2.75) is 53.1 Å². The van der Waals surface area contributed by atoms with Crippen LogP contribution in [0.25, 0.3) is 0 Å². The summed E-state index contributed by atoms with van der Waals surface area (Å²) in [5.74, 6) is 0.282. The van der Waals surface area contributed by atoms with Crippen molar-refractivity contribution in [2.24, 2.45) is 0 Å². The van der Waals surface area contributed by atoms with Gasteiger partial charge in [0.05, 0.1) is 11.4 Å². The first-order valence-electron chi connectivity index (χ1n) is 9.31. The fourth-order valence-corrected chi connectivity index (χ4v) is 3.28. The lowest BCUT2D eigenvalue weighted by atomic mass is 9.96. The molecule has 6 nitrogen and oxygen atoms in total. The van der Waals surface area contributed by atoms with E-state index >= 15 is 0 Å². The van der Waals surface area contributed by atoms with Crippen LogP contribution >= 0.6 is 0 Å². The zero-order valence-corrected chi connectivity index (χ0v) is 16.3. The van der Waals surface area contributed by atoms with Gasteiger partial charge in [0.2, 0.25) is 5.76 Å². The highest BCUT2D eigenvalue weighted by molar-refractivity contribution is 5.91. The summed E-state index contributed by atoms with van der Waals surface area (Å²) < 4.78 is 7.19. The third-order valence-corrected chi connectivity index (χ3v) is 4.92. The molecule has 1 N–H and O–H groups in total. The highest BCUT2D eigenvalue weighted by Crippen LogP contribution is 2.20. The predicted octanol–water partition coefficient (Wildman–Crippen LogP) is 3.78. The largest absolute Gasteiger partial charge is 0.351 e. The third-order valence-electron chi connectivity index (χ3n) is 4.92. The second-order valence-corrected chi connectivity index (χ2v) is 6.85. The van der Waals surface area contributed by atoms with Crippen molar-refractivity contribution in [2.75, 3.05) is 0 Å². The van der Waals surface area contributed by atoms with Crippen LogP contribution in [-0.2, 0) is 19.5 Å². The van der Waals surface area contributed by atoms with Gasteiger partial charge in [0, 0.05) is 30.4 Å². The summed E-state index contributed by atoms with van der Waals surface area (Å²) >= 11 is 0. The van der Waals surface area contributed by atoms with Crippen LogP contribution in [0.4, 0.5) is 0 Å². The van der Waals surface area contributed by atoms with Crippen molar-refractivity contribution in [3.63, 3.8) is 0 Å². The summed E-state index contributed by atoms with van der Waals surface area (Å²) in [6.07, 6.45) is 0.724. The normalized spacial score (nSPS) is 12.1. The van der Waals surface area contributed by atoms with Crippen molar-refractivity contribution in [3.05, 3.63) is 70.4 Å². The number of amides is 1. The van der Waals surface area contributed by atoms with Gasteiger partial charge in [-0.05, 0) is 38.7 Å². The first-order valence-corrected chi connectivity index (χ1v) is 9.31. The second kappa shape index (κ2) is 8.20. The average Bonchev–Trinajstić information content (AvgIpc) is 3.25. The SMILES string of the molecule is CCn1nc(C)c(CNC(=O)c2cc(CC(C)c3ccccc3)no2)c1C. The maximum absolute atomic E-state index is 12.4. The lowest BCUT2D eigenvalue weighted by Crippen LogP contribution is -2.23. The highest BCUT2D eigenvalue weighted by atomic mass is 16.5. The van der Waals surface area contributed by atoms with Crippen LogP contribution in [0.5, 0.6) is 0 Å². The number of carbonyl (C=O) groups excluding carboxylic acids is 1. The summed E-state index contributed by atoms with van der Waals surface area (Å²) in [5, 5.41) is 11.4. The van der Waals surface area contributed by atoms with E-state index in [0.717, 1.165) is 35.6 Å². The van der Waals surface area contributed by atoms with Gasteiger partial charge in [-0.1, -0.05) is 42.4 Å². The van der Waals surface area contributed by atoms with Crippen LogP contribution in [-0.4, -0.2) is 20.8 Å². The molecule has 1 unspecified atom stereocenters. The molecule has 3 rings (SSSR count). The Kier molecular flexibility index (Phi) is 5.74. The Hall–Kier alpha value is -2.89. The summed E-state index contributed by atoms with van der Waals surface area (Å²) in [6, 6.07) is 12.0. The van der Waals surface area contributed by atoms with E-state index in [2.05, 4.69) is 34.6 Å². The molecule has 0 aliphatic carbocycles. The van der Waals surface area contributed by atoms with Gasteiger partial charge in [0.25, 0.3) is 5.91 Å². The van der Waals surface area contributed by atoms with Crippen molar-refractivity contribution in [1.29, 1.82) is 0 Å². The molecule has 27 heavy (non-hydrogen) atoms. The van der Waals surface area contributed by atoms with E-state index in [-0.39, 0.29) is 11.7 Å². The molecule has 0 bridgehead atoms. The molecule has 142 valence electrons. The summed E-state index contributed by atoms with van der Waals surface area (Å²) in [6.45, 7) is 9.40. The fraction of sp³-hybridized carbons (Fsp3) is 0.381. The van der Waals surface area contributed by atoms with Crippen LogP contribution in [0, 0.1) is 13.8 Å². The minimum Gasteiger partial charge on any atom is -0.351 e. The van der Waals surface area contributed by atoms with E-state index in [1.54, 1.807) is 6.07 Å². The number of nitrogens with zero attached hydrogens (tertiary/aromatic N) is 3. The standard InChI is InChI=1S/C21H26N4O2/c1-5-25-16(4)19(15(3)23-25)13-22-21(26)20-12-18(24-27-20)11-14(2)17-9-7-6-8-10-17/h6-10,12,14H,5,11,13H2,1-4H3,(H,22,26). The van der Waals surface area contributed by atoms with Gasteiger partial charge in [-0.2, -0.15) is 5.10 Å². The summed E-state index contributed by atoms with van der Waals surface area (Å²) in [4.78, 5) is 12.4. The number of aromatic nitrogens is 3. The highest BCUT2D eigenvalue weighted by Gasteiger charge is 2.17. The van der Waals surface area contributed by atoms with Gasteiger partial charge in [-0.3, -0.25) is 9.48 Å². The van der Waals surface area contributed by atoms with Gasteiger partial charge in [-0.15, -0.1) is 0 Å². The van der Waals surface area contributed by atoms with Crippen LogP contribution in [0.2, 0.25) is 0 Å². The number of carbonyl (C=O) groups is 1. The molecule has 0 aliphatic rings. The molecule has 0 saturated heterocycles. The Labute approximate surface area is 159 Å². The smallest absolute Gasteiger partial charge is 0.290 e. The molecule has 3 aromatic rings. The zero-order chi connectivity index (χ0) is 19.4. The van der Waals surface area contributed by atoms with Crippen molar-refractivity contribution in [1.82, 2.24) is 20.3 Å². The Bertz CT molecular complexity index is 912.